The first kappa shape index (κ1) is 24.0. The molecule has 182 valence electrons. The predicted octanol–water partition coefficient (Wildman–Crippen LogP) is 8.45. The molecule has 0 fully saturated rings. The maximum atomic E-state index is 13.0. The van der Waals surface area contributed by atoms with Gasteiger partial charge in [-0.25, -0.2) is 4.98 Å². The van der Waals surface area contributed by atoms with E-state index in [1.165, 1.54) is 12.7 Å². The molecule has 1 N–H and O–H groups in total. The van der Waals surface area contributed by atoms with Gasteiger partial charge in [0.15, 0.2) is 11.3 Å². The van der Waals surface area contributed by atoms with Crippen molar-refractivity contribution in [2.24, 2.45) is 0 Å². The standard InChI is InChI=1S/C28H22Cl2N2O4/c1-15(2)16-5-9-25-22(13-16)32-28(36-25)18-6-8-24(34-3)21(14-18)31-27(33)26-11-10-23(35-26)17-4-7-19(29)20(30)12-17/h4-15H,1-3H3,(H,31,33). The van der Waals surface area contributed by atoms with Crippen molar-refractivity contribution in [1.29, 1.82) is 0 Å². The van der Waals surface area contributed by atoms with Gasteiger partial charge in [0.05, 0.1) is 22.8 Å². The number of methoxy groups -OCH3 is 1. The first-order chi connectivity index (χ1) is 17.3. The van der Waals surface area contributed by atoms with Gasteiger partial charge in [-0.05, 0) is 72.1 Å². The molecule has 0 radical (unpaired) electrons. The number of benzene rings is 3. The molecule has 0 aliphatic rings. The molecule has 0 saturated carbocycles. The zero-order chi connectivity index (χ0) is 25.4. The number of carbonyl (C=O) groups is 1. The smallest absolute Gasteiger partial charge is 0.291 e. The number of anilines is 1. The Bertz CT molecular complexity index is 1590. The van der Waals surface area contributed by atoms with Crippen molar-refractivity contribution in [2.75, 3.05) is 12.4 Å². The van der Waals surface area contributed by atoms with E-state index in [1.807, 2.05) is 24.3 Å². The van der Waals surface area contributed by atoms with E-state index in [0.717, 1.165) is 5.52 Å². The number of halogens is 2. The fourth-order valence-corrected chi connectivity index (χ4v) is 4.11. The fraction of sp³-hybridized carbons (Fsp3) is 0.143. The minimum Gasteiger partial charge on any atom is -0.495 e. The van der Waals surface area contributed by atoms with Gasteiger partial charge in [-0.15, -0.1) is 0 Å². The molecule has 0 aliphatic heterocycles. The Balaban J connectivity index is 1.42. The third kappa shape index (κ3) is 4.70. The van der Waals surface area contributed by atoms with Gasteiger partial charge < -0.3 is 18.9 Å². The Morgan fingerprint density at radius 1 is 0.917 bits per heavy atom. The van der Waals surface area contributed by atoms with Crippen LogP contribution in [0.5, 0.6) is 5.75 Å². The van der Waals surface area contributed by atoms with Gasteiger partial charge in [-0.3, -0.25) is 4.79 Å². The van der Waals surface area contributed by atoms with Crippen molar-refractivity contribution in [3.63, 3.8) is 0 Å². The third-order valence-electron chi connectivity index (χ3n) is 5.81. The first-order valence-electron chi connectivity index (χ1n) is 11.3. The van der Waals surface area contributed by atoms with E-state index in [4.69, 9.17) is 36.8 Å². The average Bonchev–Trinajstić information content (AvgIpc) is 3.53. The van der Waals surface area contributed by atoms with E-state index in [0.29, 0.717) is 55.8 Å². The van der Waals surface area contributed by atoms with Gasteiger partial charge in [-0.1, -0.05) is 43.1 Å². The number of oxazole rings is 1. The van der Waals surface area contributed by atoms with E-state index >= 15 is 0 Å². The summed E-state index contributed by atoms with van der Waals surface area (Å²) >= 11 is 12.1. The van der Waals surface area contributed by atoms with Crippen molar-refractivity contribution in [3.8, 4) is 28.5 Å². The number of nitrogens with one attached hydrogen (secondary N) is 1. The second kappa shape index (κ2) is 9.72. The minimum absolute atomic E-state index is 0.131. The van der Waals surface area contributed by atoms with Crippen LogP contribution in [0, 0.1) is 0 Å². The maximum absolute atomic E-state index is 13.0. The molecule has 6 nitrogen and oxygen atoms in total. The molecular formula is C28H22Cl2N2O4. The molecular weight excluding hydrogens is 499 g/mol. The number of hydrogen-bond acceptors (Lipinski definition) is 5. The normalized spacial score (nSPS) is 11.3. The molecule has 5 rings (SSSR count). The lowest BCUT2D eigenvalue weighted by Gasteiger charge is -2.10. The first-order valence-corrected chi connectivity index (χ1v) is 12.0. The summed E-state index contributed by atoms with van der Waals surface area (Å²) in [5, 5.41) is 3.70. The van der Waals surface area contributed by atoms with Gasteiger partial charge in [0, 0.05) is 11.1 Å². The summed E-state index contributed by atoms with van der Waals surface area (Å²) in [7, 11) is 1.53. The number of nitrogens with zero attached hydrogens (tertiary/aromatic N) is 1. The molecule has 5 aromatic rings. The van der Waals surface area contributed by atoms with Crippen molar-refractivity contribution < 1.29 is 18.4 Å². The third-order valence-corrected chi connectivity index (χ3v) is 6.55. The molecule has 0 atom stereocenters. The van der Waals surface area contributed by atoms with Crippen molar-refractivity contribution in [1.82, 2.24) is 4.98 Å². The van der Waals surface area contributed by atoms with Crippen molar-refractivity contribution in [2.45, 2.75) is 19.8 Å². The molecule has 8 heteroatoms. The summed E-state index contributed by atoms with van der Waals surface area (Å²) in [5.74, 6) is 1.51. The highest BCUT2D eigenvalue weighted by Gasteiger charge is 2.17. The Morgan fingerprint density at radius 2 is 1.72 bits per heavy atom. The Kier molecular flexibility index (Phi) is 6.48. The van der Waals surface area contributed by atoms with Crippen LogP contribution in [-0.4, -0.2) is 18.0 Å². The van der Waals surface area contributed by atoms with Crippen LogP contribution in [0.4, 0.5) is 5.69 Å². The van der Waals surface area contributed by atoms with Gasteiger partial charge in [-0.2, -0.15) is 0 Å². The SMILES string of the molecule is COc1ccc(-c2nc3cc(C(C)C)ccc3o2)cc1NC(=O)c1ccc(-c2ccc(Cl)c(Cl)c2)o1. The molecule has 0 saturated heterocycles. The zero-order valence-electron chi connectivity index (χ0n) is 19.8. The van der Waals surface area contributed by atoms with E-state index in [-0.39, 0.29) is 5.76 Å². The second-order valence-electron chi connectivity index (χ2n) is 8.56. The number of aromatic nitrogens is 1. The highest BCUT2D eigenvalue weighted by molar-refractivity contribution is 6.42. The van der Waals surface area contributed by atoms with Crippen LogP contribution in [0.15, 0.2) is 75.6 Å². The molecule has 0 bridgehead atoms. The van der Waals surface area contributed by atoms with E-state index in [9.17, 15) is 4.79 Å². The van der Waals surface area contributed by atoms with Crippen LogP contribution in [-0.2, 0) is 0 Å². The van der Waals surface area contributed by atoms with Gasteiger partial charge in [0.25, 0.3) is 5.91 Å². The number of amides is 1. The monoisotopic (exact) mass is 520 g/mol. The molecule has 0 unspecified atom stereocenters. The predicted molar refractivity (Wildman–Crippen MR) is 142 cm³/mol. The van der Waals surface area contributed by atoms with Crippen molar-refractivity contribution in [3.05, 3.63) is 88.1 Å². The largest absolute Gasteiger partial charge is 0.495 e. The molecule has 0 spiro atoms. The van der Waals surface area contributed by atoms with E-state index < -0.39 is 5.91 Å². The topological polar surface area (TPSA) is 77.5 Å². The number of ether oxygens (including phenoxy) is 1. The molecule has 2 heterocycles. The number of fused-ring (bicyclic) bond motifs is 1. The summed E-state index contributed by atoms with van der Waals surface area (Å²) in [6, 6.07) is 19.8. The molecule has 0 aliphatic carbocycles. The summed E-state index contributed by atoms with van der Waals surface area (Å²) in [5.41, 5.74) is 4.52. The maximum Gasteiger partial charge on any atom is 0.291 e. The van der Waals surface area contributed by atoms with Crippen LogP contribution < -0.4 is 10.1 Å². The number of furan rings is 1. The number of rotatable bonds is 6. The Labute approximate surface area is 217 Å². The van der Waals surface area contributed by atoms with E-state index in [2.05, 4.69) is 24.1 Å². The highest BCUT2D eigenvalue weighted by atomic mass is 35.5. The van der Waals surface area contributed by atoms with Crippen LogP contribution in [0.3, 0.4) is 0 Å². The second-order valence-corrected chi connectivity index (χ2v) is 9.38. The molecule has 2 aromatic heterocycles. The van der Waals surface area contributed by atoms with Gasteiger partial charge in [0.2, 0.25) is 5.89 Å². The van der Waals surface area contributed by atoms with Crippen LogP contribution in [0.1, 0.15) is 35.9 Å². The number of hydrogen-bond donors (Lipinski definition) is 1. The van der Waals surface area contributed by atoms with E-state index in [1.54, 1.807) is 42.5 Å². The quantitative estimate of drug-likeness (QED) is 0.243. The van der Waals surface area contributed by atoms with Gasteiger partial charge in [0.1, 0.15) is 17.0 Å². The molecule has 3 aromatic carbocycles. The summed E-state index contributed by atoms with van der Waals surface area (Å²) in [4.78, 5) is 17.6. The van der Waals surface area contributed by atoms with Crippen LogP contribution in [0.2, 0.25) is 10.0 Å². The van der Waals surface area contributed by atoms with Crippen LogP contribution in [0.25, 0.3) is 33.9 Å². The minimum atomic E-state index is -0.434. The highest BCUT2D eigenvalue weighted by Crippen LogP contribution is 2.34. The number of carbonyl (C=O) groups excluding carboxylic acids is 1. The average molecular weight is 521 g/mol. The zero-order valence-corrected chi connectivity index (χ0v) is 21.3. The lowest BCUT2D eigenvalue weighted by Crippen LogP contribution is -2.11. The Morgan fingerprint density at radius 3 is 2.47 bits per heavy atom. The van der Waals surface area contributed by atoms with Crippen LogP contribution >= 0.6 is 23.2 Å². The molecule has 1 amide bonds. The van der Waals surface area contributed by atoms with Crippen molar-refractivity contribution >= 4 is 45.9 Å². The summed E-state index contributed by atoms with van der Waals surface area (Å²) in [6.07, 6.45) is 0. The summed E-state index contributed by atoms with van der Waals surface area (Å²) < 4.78 is 17.2. The lowest BCUT2D eigenvalue weighted by atomic mass is 10.0. The lowest BCUT2D eigenvalue weighted by molar-refractivity contribution is 0.0997. The Hall–Kier alpha value is -3.74. The summed E-state index contributed by atoms with van der Waals surface area (Å²) in [6.45, 7) is 4.26. The fourth-order valence-electron chi connectivity index (χ4n) is 3.81. The van der Waals surface area contributed by atoms with Gasteiger partial charge >= 0.3 is 0 Å². The molecule has 36 heavy (non-hydrogen) atoms.